The Bertz CT molecular complexity index is 1180. The van der Waals surface area contributed by atoms with Gasteiger partial charge in [-0.3, -0.25) is 5.10 Å². The normalized spacial score (nSPS) is 12.2. The Morgan fingerprint density at radius 1 is 1.03 bits per heavy atom. The van der Waals surface area contributed by atoms with E-state index < -0.39 is 10.0 Å². The molecule has 31 heavy (non-hydrogen) atoms. The van der Waals surface area contributed by atoms with Gasteiger partial charge in [-0.25, -0.2) is 4.83 Å². The Hall–Kier alpha value is -3.33. The van der Waals surface area contributed by atoms with Gasteiger partial charge in [0.1, 0.15) is 0 Å². The van der Waals surface area contributed by atoms with Gasteiger partial charge in [0.2, 0.25) is 0 Å². The first kappa shape index (κ1) is 22.4. The molecule has 1 aromatic heterocycles. The highest BCUT2D eigenvalue weighted by atomic mass is 32.2. The summed E-state index contributed by atoms with van der Waals surface area (Å²) in [5.41, 5.74) is 3.05. The van der Waals surface area contributed by atoms with Crippen LogP contribution in [-0.2, 0) is 15.4 Å². The molecule has 3 aromatic rings. The predicted molar refractivity (Wildman–Crippen MR) is 120 cm³/mol. The molecule has 8 nitrogen and oxygen atoms in total. The average Bonchev–Trinajstić information content (AvgIpc) is 3.21. The second-order valence-corrected chi connectivity index (χ2v) is 9.56. The fraction of sp³-hybridized carbons (Fsp3) is 0.273. The molecule has 0 saturated heterocycles. The lowest BCUT2D eigenvalue weighted by molar-refractivity contribution is 0.355. The lowest BCUT2D eigenvalue weighted by Gasteiger charge is -2.19. The minimum absolute atomic E-state index is 0.0598. The van der Waals surface area contributed by atoms with Crippen molar-refractivity contribution in [2.24, 2.45) is 5.10 Å². The second kappa shape index (κ2) is 8.81. The smallest absolute Gasteiger partial charge is 0.276 e. The Morgan fingerprint density at radius 2 is 1.71 bits per heavy atom. The topological polar surface area (TPSA) is 106 Å². The van der Waals surface area contributed by atoms with Gasteiger partial charge < -0.3 is 9.47 Å². The molecule has 0 fully saturated rings. The molecule has 0 saturated carbocycles. The number of hydrogen-bond acceptors (Lipinski definition) is 6. The molecular weight excluding hydrogens is 416 g/mol. The number of sulfonamides is 1. The lowest BCUT2D eigenvalue weighted by Crippen LogP contribution is -2.19. The highest BCUT2D eigenvalue weighted by Crippen LogP contribution is 2.32. The molecule has 0 radical (unpaired) electrons. The maximum absolute atomic E-state index is 12.6. The van der Waals surface area contributed by atoms with Crippen molar-refractivity contribution in [3.05, 3.63) is 59.8 Å². The predicted octanol–water partition coefficient (Wildman–Crippen LogP) is 3.70. The Kier molecular flexibility index (Phi) is 6.35. The molecule has 2 aromatic carbocycles. The van der Waals surface area contributed by atoms with Gasteiger partial charge in [0, 0.05) is 11.1 Å². The summed E-state index contributed by atoms with van der Waals surface area (Å²) in [7, 11) is -0.669. The van der Waals surface area contributed by atoms with Crippen LogP contribution in [0, 0.1) is 0 Å². The van der Waals surface area contributed by atoms with Gasteiger partial charge in [-0.15, -0.1) is 0 Å². The van der Waals surface area contributed by atoms with Crippen LogP contribution in [0.3, 0.4) is 0 Å². The summed E-state index contributed by atoms with van der Waals surface area (Å²) in [6, 6.07) is 12.2. The molecule has 2 N–H and O–H groups in total. The standard InChI is InChI=1S/C22H26N4O4S/c1-22(2,3)17-7-9-18(10-8-17)31(27,28)26-24-14-16-13-23-25-21(16)15-6-11-19(29-4)20(12-15)30-5/h6-14,26H,1-5H3,(H,23,25)/b24-14-. The minimum atomic E-state index is -3.79. The highest BCUT2D eigenvalue weighted by Gasteiger charge is 2.17. The van der Waals surface area contributed by atoms with Gasteiger partial charge in [-0.1, -0.05) is 32.9 Å². The summed E-state index contributed by atoms with van der Waals surface area (Å²) in [6.45, 7) is 6.21. The summed E-state index contributed by atoms with van der Waals surface area (Å²) in [5.74, 6) is 1.17. The summed E-state index contributed by atoms with van der Waals surface area (Å²) in [4.78, 5) is 2.39. The van der Waals surface area contributed by atoms with Gasteiger partial charge in [0.25, 0.3) is 10.0 Å². The lowest BCUT2D eigenvalue weighted by atomic mass is 9.87. The van der Waals surface area contributed by atoms with Crippen molar-refractivity contribution in [2.45, 2.75) is 31.1 Å². The number of aromatic nitrogens is 2. The van der Waals surface area contributed by atoms with Crippen molar-refractivity contribution in [1.29, 1.82) is 0 Å². The number of hydrogen-bond donors (Lipinski definition) is 2. The molecule has 9 heteroatoms. The van der Waals surface area contributed by atoms with Crippen LogP contribution in [-0.4, -0.2) is 39.0 Å². The van der Waals surface area contributed by atoms with E-state index in [0.29, 0.717) is 22.8 Å². The third kappa shape index (κ3) is 5.05. The van der Waals surface area contributed by atoms with Crippen molar-refractivity contribution in [1.82, 2.24) is 15.0 Å². The monoisotopic (exact) mass is 442 g/mol. The van der Waals surface area contributed by atoms with E-state index >= 15 is 0 Å². The molecule has 0 bridgehead atoms. The van der Waals surface area contributed by atoms with E-state index in [1.54, 1.807) is 44.7 Å². The van der Waals surface area contributed by atoms with Crippen molar-refractivity contribution in [2.75, 3.05) is 14.2 Å². The fourth-order valence-electron chi connectivity index (χ4n) is 2.97. The number of nitrogens with one attached hydrogen (secondary N) is 2. The Balaban J connectivity index is 1.79. The van der Waals surface area contributed by atoms with Gasteiger partial charge in [0.05, 0.1) is 37.2 Å². The number of rotatable bonds is 7. The van der Waals surface area contributed by atoms with Gasteiger partial charge in [0.15, 0.2) is 11.5 Å². The van der Waals surface area contributed by atoms with E-state index in [1.165, 1.54) is 6.21 Å². The number of benzene rings is 2. The van der Waals surface area contributed by atoms with Crippen LogP contribution in [0.15, 0.2) is 58.7 Å². The molecule has 1 heterocycles. The van der Waals surface area contributed by atoms with E-state index in [-0.39, 0.29) is 10.3 Å². The van der Waals surface area contributed by atoms with Crippen LogP contribution in [0.25, 0.3) is 11.3 Å². The van der Waals surface area contributed by atoms with E-state index in [1.807, 2.05) is 18.2 Å². The molecule has 0 aliphatic carbocycles. The molecule has 0 unspecified atom stereocenters. The summed E-state index contributed by atoms with van der Waals surface area (Å²) < 4.78 is 35.7. The van der Waals surface area contributed by atoms with E-state index in [2.05, 4.69) is 40.9 Å². The van der Waals surface area contributed by atoms with Crippen molar-refractivity contribution in [3.63, 3.8) is 0 Å². The molecular formula is C22H26N4O4S. The second-order valence-electron chi connectivity index (χ2n) is 7.90. The summed E-state index contributed by atoms with van der Waals surface area (Å²) >= 11 is 0. The average molecular weight is 443 g/mol. The Labute approximate surface area is 182 Å². The zero-order valence-electron chi connectivity index (χ0n) is 18.1. The van der Waals surface area contributed by atoms with Crippen molar-refractivity contribution >= 4 is 16.2 Å². The summed E-state index contributed by atoms with van der Waals surface area (Å²) in [5, 5.41) is 10.8. The third-order valence-corrected chi connectivity index (χ3v) is 5.99. The van der Waals surface area contributed by atoms with Gasteiger partial charge in [-0.05, 0) is 41.3 Å². The number of H-pyrrole nitrogens is 1. The van der Waals surface area contributed by atoms with Crippen LogP contribution < -0.4 is 14.3 Å². The highest BCUT2D eigenvalue weighted by molar-refractivity contribution is 7.89. The van der Waals surface area contributed by atoms with E-state index in [0.717, 1.165) is 11.1 Å². The Morgan fingerprint density at radius 3 is 2.32 bits per heavy atom. The van der Waals surface area contributed by atoms with Crippen LogP contribution >= 0.6 is 0 Å². The molecule has 0 spiro atoms. The van der Waals surface area contributed by atoms with Crippen LogP contribution in [0.1, 0.15) is 31.9 Å². The largest absolute Gasteiger partial charge is 0.493 e. The zero-order chi connectivity index (χ0) is 22.6. The van der Waals surface area contributed by atoms with Gasteiger partial charge in [-0.2, -0.15) is 18.6 Å². The van der Waals surface area contributed by atoms with Gasteiger partial charge >= 0.3 is 0 Å². The molecule has 164 valence electrons. The first-order valence-corrected chi connectivity index (χ1v) is 11.0. The maximum Gasteiger partial charge on any atom is 0.276 e. The van der Waals surface area contributed by atoms with E-state index in [4.69, 9.17) is 9.47 Å². The fourth-order valence-corrected chi connectivity index (χ4v) is 3.76. The van der Waals surface area contributed by atoms with Crippen LogP contribution in [0.5, 0.6) is 11.5 Å². The number of nitrogens with zero attached hydrogens (tertiary/aromatic N) is 2. The van der Waals surface area contributed by atoms with Crippen molar-refractivity contribution < 1.29 is 17.9 Å². The third-order valence-electron chi connectivity index (χ3n) is 4.75. The SMILES string of the molecule is COc1ccc(-c2[nH]ncc2/C=N\NS(=O)(=O)c2ccc(C(C)(C)C)cc2)cc1OC. The van der Waals surface area contributed by atoms with Crippen molar-refractivity contribution in [3.8, 4) is 22.8 Å². The van der Waals surface area contributed by atoms with Crippen LogP contribution in [0.4, 0.5) is 0 Å². The molecule has 0 atom stereocenters. The zero-order valence-corrected chi connectivity index (χ0v) is 18.9. The maximum atomic E-state index is 12.6. The molecule has 3 rings (SSSR count). The number of ether oxygens (including phenoxy) is 2. The number of methoxy groups -OCH3 is 2. The van der Waals surface area contributed by atoms with Crippen LogP contribution in [0.2, 0.25) is 0 Å². The molecule has 0 aliphatic rings. The summed E-state index contributed by atoms with van der Waals surface area (Å²) in [6.07, 6.45) is 2.96. The quantitative estimate of drug-likeness (QED) is 0.429. The first-order valence-electron chi connectivity index (χ1n) is 9.57. The number of aromatic amines is 1. The molecule has 0 amide bonds. The molecule has 0 aliphatic heterocycles. The minimum Gasteiger partial charge on any atom is -0.493 e. The first-order chi connectivity index (χ1) is 14.7. The number of hydrazone groups is 1. The van der Waals surface area contributed by atoms with E-state index in [9.17, 15) is 8.42 Å².